The van der Waals surface area contributed by atoms with E-state index in [1.165, 1.54) is 0 Å². The fourth-order valence-corrected chi connectivity index (χ4v) is 2.08. The number of para-hydroxylation sites is 1. The van der Waals surface area contributed by atoms with Gasteiger partial charge >= 0.3 is 5.97 Å². The highest BCUT2D eigenvalue weighted by Gasteiger charge is 2.15. The molecule has 0 aliphatic carbocycles. The van der Waals surface area contributed by atoms with Gasteiger partial charge in [0.05, 0.1) is 0 Å². The third-order valence-corrected chi connectivity index (χ3v) is 3.21. The molecule has 0 saturated heterocycles. The van der Waals surface area contributed by atoms with Crippen molar-refractivity contribution in [3.63, 3.8) is 0 Å². The number of ether oxygens (including phenoxy) is 1. The van der Waals surface area contributed by atoms with E-state index in [1.807, 2.05) is 25.1 Å². The summed E-state index contributed by atoms with van der Waals surface area (Å²) < 4.78 is 10.8. The molecule has 0 fully saturated rings. The van der Waals surface area contributed by atoms with E-state index < -0.39 is 5.97 Å². The largest absolute Gasteiger partial charge is 0.449 e. The van der Waals surface area contributed by atoms with Crippen molar-refractivity contribution in [1.82, 2.24) is 0 Å². The first kappa shape index (κ1) is 12.8. The average Bonchev–Trinajstić information content (AvgIpc) is 2.87. The molecule has 3 rings (SSSR count). The first-order valence-electron chi connectivity index (χ1n) is 6.10. The quantitative estimate of drug-likeness (QED) is 0.510. The van der Waals surface area contributed by atoms with Crippen molar-refractivity contribution in [2.45, 2.75) is 6.92 Å². The van der Waals surface area contributed by atoms with Crippen LogP contribution in [0, 0.1) is 6.92 Å². The first-order valence-corrected chi connectivity index (χ1v) is 6.48. The van der Waals surface area contributed by atoms with E-state index in [9.17, 15) is 4.79 Å². The Hall–Kier alpha value is -2.26. The molecular formula is C16H11ClO3. The average molecular weight is 287 g/mol. The summed E-state index contributed by atoms with van der Waals surface area (Å²) >= 11 is 5.90. The van der Waals surface area contributed by atoms with E-state index in [0.29, 0.717) is 16.4 Å². The molecule has 3 aromatic rings. The summed E-state index contributed by atoms with van der Waals surface area (Å²) in [5.74, 6) is 0.0695. The fourth-order valence-electron chi connectivity index (χ4n) is 1.92. The van der Waals surface area contributed by atoms with Gasteiger partial charge in [-0.3, -0.25) is 0 Å². The van der Waals surface area contributed by atoms with Gasteiger partial charge in [-0.15, -0.1) is 0 Å². The standard InChI is InChI=1S/C16H11ClO3/c1-10-6-7-12(17)9-14(10)20-16(18)15-8-11-4-2-3-5-13(11)19-15/h2-9H,1H3. The number of rotatable bonds is 2. The van der Waals surface area contributed by atoms with Gasteiger partial charge in [0.15, 0.2) is 0 Å². The monoisotopic (exact) mass is 286 g/mol. The maximum absolute atomic E-state index is 12.1. The molecule has 0 saturated carbocycles. The Morgan fingerprint density at radius 2 is 1.95 bits per heavy atom. The molecule has 0 radical (unpaired) electrons. The zero-order chi connectivity index (χ0) is 14.1. The number of benzene rings is 2. The van der Waals surface area contributed by atoms with E-state index in [1.54, 1.807) is 30.3 Å². The van der Waals surface area contributed by atoms with Gasteiger partial charge in [-0.2, -0.15) is 0 Å². The van der Waals surface area contributed by atoms with Gasteiger partial charge in [-0.25, -0.2) is 4.79 Å². The van der Waals surface area contributed by atoms with Crippen LogP contribution in [0.1, 0.15) is 16.1 Å². The number of carbonyl (C=O) groups excluding carboxylic acids is 1. The lowest BCUT2D eigenvalue weighted by molar-refractivity contribution is 0.0702. The van der Waals surface area contributed by atoms with Gasteiger partial charge in [0.25, 0.3) is 0 Å². The molecule has 1 heterocycles. The second kappa shape index (κ2) is 5.02. The molecule has 0 unspecified atom stereocenters. The Balaban J connectivity index is 1.90. The van der Waals surface area contributed by atoms with Gasteiger partial charge < -0.3 is 9.15 Å². The highest BCUT2D eigenvalue weighted by molar-refractivity contribution is 6.30. The summed E-state index contributed by atoms with van der Waals surface area (Å²) in [6.07, 6.45) is 0. The predicted molar refractivity (Wildman–Crippen MR) is 77.4 cm³/mol. The van der Waals surface area contributed by atoms with Crippen LogP contribution < -0.4 is 4.74 Å². The minimum absolute atomic E-state index is 0.172. The lowest BCUT2D eigenvalue weighted by Gasteiger charge is -2.05. The smallest absolute Gasteiger partial charge is 0.379 e. The van der Waals surface area contributed by atoms with Crippen LogP contribution in [0.4, 0.5) is 0 Å². The lowest BCUT2D eigenvalue weighted by Crippen LogP contribution is -2.08. The minimum atomic E-state index is -0.536. The van der Waals surface area contributed by atoms with Crippen LogP contribution in [0.15, 0.2) is 52.9 Å². The van der Waals surface area contributed by atoms with Crippen LogP contribution in [-0.2, 0) is 0 Å². The lowest BCUT2D eigenvalue weighted by atomic mass is 10.2. The molecule has 0 aliphatic rings. The van der Waals surface area contributed by atoms with Crippen molar-refractivity contribution in [1.29, 1.82) is 0 Å². The summed E-state index contributed by atoms with van der Waals surface area (Å²) in [4.78, 5) is 12.1. The first-order chi connectivity index (χ1) is 9.63. The Morgan fingerprint density at radius 3 is 2.75 bits per heavy atom. The second-order valence-electron chi connectivity index (χ2n) is 4.45. The second-order valence-corrected chi connectivity index (χ2v) is 4.88. The van der Waals surface area contributed by atoms with Crippen molar-refractivity contribution < 1.29 is 13.9 Å². The van der Waals surface area contributed by atoms with Crippen LogP contribution in [0.5, 0.6) is 5.75 Å². The topological polar surface area (TPSA) is 39.4 Å². The van der Waals surface area contributed by atoms with Crippen molar-refractivity contribution in [3.05, 3.63) is 64.9 Å². The van der Waals surface area contributed by atoms with E-state index >= 15 is 0 Å². The Bertz CT molecular complexity index is 756. The van der Waals surface area contributed by atoms with Crippen molar-refractivity contribution in [3.8, 4) is 5.75 Å². The molecule has 0 aliphatic heterocycles. The molecule has 100 valence electrons. The predicted octanol–water partition coefficient (Wildman–Crippen LogP) is 4.61. The molecule has 20 heavy (non-hydrogen) atoms. The molecule has 0 amide bonds. The van der Waals surface area contributed by atoms with E-state index in [-0.39, 0.29) is 5.76 Å². The number of halogens is 1. The van der Waals surface area contributed by atoms with Crippen molar-refractivity contribution in [2.75, 3.05) is 0 Å². The highest BCUT2D eigenvalue weighted by atomic mass is 35.5. The summed E-state index contributed by atoms with van der Waals surface area (Å²) in [7, 11) is 0. The zero-order valence-electron chi connectivity index (χ0n) is 10.7. The van der Waals surface area contributed by atoms with E-state index in [2.05, 4.69) is 0 Å². The van der Waals surface area contributed by atoms with Crippen LogP contribution in [0.2, 0.25) is 5.02 Å². The summed E-state index contributed by atoms with van der Waals surface area (Å²) in [5, 5.41) is 1.38. The molecular weight excluding hydrogens is 276 g/mol. The van der Waals surface area contributed by atoms with E-state index in [0.717, 1.165) is 10.9 Å². The third kappa shape index (κ3) is 2.40. The molecule has 0 N–H and O–H groups in total. The van der Waals surface area contributed by atoms with Crippen molar-refractivity contribution in [2.24, 2.45) is 0 Å². The maximum Gasteiger partial charge on any atom is 0.379 e. The number of hydrogen-bond acceptors (Lipinski definition) is 3. The van der Waals surface area contributed by atoms with Gasteiger partial charge in [-0.1, -0.05) is 35.9 Å². The van der Waals surface area contributed by atoms with Gasteiger partial charge in [0, 0.05) is 10.4 Å². The fraction of sp³-hybridized carbons (Fsp3) is 0.0625. The van der Waals surface area contributed by atoms with E-state index in [4.69, 9.17) is 20.8 Å². The SMILES string of the molecule is Cc1ccc(Cl)cc1OC(=O)c1cc2ccccc2o1. The number of furan rings is 1. The molecule has 2 aromatic carbocycles. The van der Waals surface area contributed by atoms with Gasteiger partial charge in [0.2, 0.25) is 5.76 Å². The summed E-state index contributed by atoms with van der Waals surface area (Å²) in [6, 6.07) is 14.2. The Kier molecular flexibility index (Phi) is 3.20. The summed E-state index contributed by atoms with van der Waals surface area (Å²) in [5.41, 5.74) is 1.49. The van der Waals surface area contributed by atoms with Crippen LogP contribution in [0.25, 0.3) is 11.0 Å². The number of fused-ring (bicyclic) bond motifs is 1. The number of carbonyl (C=O) groups is 1. The minimum Gasteiger partial charge on any atom is -0.449 e. The Labute approximate surface area is 120 Å². The molecule has 4 heteroatoms. The highest BCUT2D eigenvalue weighted by Crippen LogP contribution is 2.25. The summed E-state index contributed by atoms with van der Waals surface area (Å²) in [6.45, 7) is 1.84. The van der Waals surface area contributed by atoms with Gasteiger partial charge in [0.1, 0.15) is 11.3 Å². The third-order valence-electron chi connectivity index (χ3n) is 2.98. The van der Waals surface area contributed by atoms with Crippen LogP contribution >= 0.6 is 11.6 Å². The zero-order valence-corrected chi connectivity index (χ0v) is 11.5. The molecule has 3 nitrogen and oxygen atoms in total. The van der Waals surface area contributed by atoms with Crippen LogP contribution in [-0.4, -0.2) is 5.97 Å². The number of hydrogen-bond donors (Lipinski definition) is 0. The maximum atomic E-state index is 12.1. The molecule has 0 atom stereocenters. The van der Waals surface area contributed by atoms with Crippen LogP contribution in [0.3, 0.4) is 0 Å². The molecule has 0 bridgehead atoms. The molecule has 1 aromatic heterocycles. The number of esters is 1. The molecule has 0 spiro atoms. The van der Waals surface area contributed by atoms with Gasteiger partial charge in [-0.05, 0) is 36.8 Å². The Morgan fingerprint density at radius 1 is 1.15 bits per heavy atom. The van der Waals surface area contributed by atoms with Crippen molar-refractivity contribution >= 4 is 28.5 Å². The normalized spacial score (nSPS) is 10.7. The number of aryl methyl sites for hydroxylation is 1.